The first-order valence-corrected chi connectivity index (χ1v) is 3.58. The van der Waals surface area contributed by atoms with Gasteiger partial charge < -0.3 is 9.90 Å². The van der Waals surface area contributed by atoms with Gasteiger partial charge in [-0.1, -0.05) is 6.08 Å². The van der Waals surface area contributed by atoms with Crippen LogP contribution in [0.2, 0.25) is 0 Å². The van der Waals surface area contributed by atoms with Gasteiger partial charge in [-0.05, 0) is 0 Å². The molecule has 4 heteroatoms. The summed E-state index contributed by atoms with van der Waals surface area (Å²) < 4.78 is 13.3. The van der Waals surface area contributed by atoms with Gasteiger partial charge in [0.25, 0.3) is 5.79 Å². The largest absolute Gasteiger partial charge is 0.542 e. The molecule has 1 unspecified atom stereocenters. The summed E-state index contributed by atoms with van der Waals surface area (Å²) in [6, 6.07) is 0. The highest BCUT2D eigenvalue weighted by Gasteiger charge is 2.44. The second-order valence-corrected chi connectivity index (χ2v) is 3.55. The van der Waals surface area contributed by atoms with Gasteiger partial charge in [-0.2, -0.15) is 4.39 Å². The van der Waals surface area contributed by atoms with Crippen molar-refractivity contribution in [2.24, 2.45) is 0 Å². The highest BCUT2D eigenvalue weighted by Crippen LogP contribution is 2.24. The van der Waals surface area contributed by atoms with Crippen LogP contribution in [-0.2, 0) is 4.79 Å². The van der Waals surface area contributed by atoms with Crippen molar-refractivity contribution in [2.45, 2.75) is 12.2 Å². The van der Waals surface area contributed by atoms with Gasteiger partial charge in [-0.25, -0.2) is 0 Å². The normalized spacial score (nSPS) is 16.7. The lowest BCUT2D eigenvalue weighted by atomic mass is 10.1. The number of alkyl halides is 1. The molecule has 0 amide bonds. The molecule has 0 spiro atoms. The molecule has 0 aliphatic carbocycles. The van der Waals surface area contributed by atoms with E-state index in [1.165, 1.54) is 27.2 Å². The summed E-state index contributed by atoms with van der Waals surface area (Å²) >= 11 is 0. The van der Waals surface area contributed by atoms with E-state index in [9.17, 15) is 14.3 Å². The third-order valence-corrected chi connectivity index (χ3v) is 1.79. The Morgan fingerprint density at radius 3 is 2.17 bits per heavy atom. The van der Waals surface area contributed by atoms with Crippen molar-refractivity contribution < 1.29 is 18.8 Å². The number of hydrogen-bond acceptors (Lipinski definition) is 2. The predicted molar refractivity (Wildman–Crippen MR) is 41.7 cm³/mol. The molecule has 0 aromatic rings. The zero-order valence-electron chi connectivity index (χ0n) is 7.63. The smallest absolute Gasteiger partial charge is 0.285 e. The van der Waals surface area contributed by atoms with E-state index in [0.717, 1.165) is 0 Å². The molecule has 0 aliphatic rings. The summed E-state index contributed by atoms with van der Waals surface area (Å²) in [4.78, 5) is 10.5. The van der Waals surface area contributed by atoms with Crippen LogP contribution in [0.3, 0.4) is 0 Å². The van der Waals surface area contributed by atoms with Crippen LogP contribution in [0.4, 0.5) is 4.39 Å². The van der Waals surface area contributed by atoms with Gasteiger partial charge in [0.05, 0.1) is 27.6 Å². The monoisotopic (exact) mass is 175 g/mol. The van der Waals surface area contributed by atoms with Gasteiger partial charge in [0.1, 0.15) is 5.97 Å². The summed E-state index contributed by atoms with van der Waals surface area (Å²) in [6.07, 6.45) is 0.984. The molecule has 0 bridgehead atoms. The Bertz CT molecular complexity index is 198. The zero-order valence-corrected chi connectivity index (χ0v) is 7.63. The summed E-state index contributed by atoms with van der Waals surface area (Å²) in [5, 5.41) is 10.5. The zero-order chi connectivity index (χ0) is 9.99. The number of quaternary nitrogens is 1. The maximum Gasteiger partial charge on any atom is 0.285 e. The van der Waals surface area contributed by atoms with Crippen LogP contribution in [0.15, 0.2) is 12.7 Å². The molecule has 1 atom stereocenters. The lowest BCUT2D eigenvalue weighted by Crippen LogP contribution is -2.63. The Kier molecular flexibility index (Phi) is 2.98. The lowest BCUT2D eigenvalue weighted by Gasteiger charge is -2.39. The van der Waals surface area contributed by atoms with E-state index in [-0.39, 0.29) is 10.9 Å². The number of aliphatic carboxylic acids is 1. The van der Waals surface area contributed by atoms with Crippen LogP contribution in [0.5, 0.6) is 0 Å². The molecule has 0 N–H and O–H groups in total. The first-order valence-electron chi connectivity index (χ1n) is 3.58. The first kappa shape index (κ1) is 11.1. The van der Waals surface area contributed by atoms with Gasteiger partial charge >= 0.3 is 0 Å². The van der Waals surface area contributed by atoms with Crippen molar-refractivity contribution in [1.29, 1.82) is 0 Å². The molecule has 0 aromatic heterocycles. The SMILES string of the molecule is C=CCC(F)(C(=O)[O-])[N+](C)(C)C. The van der Waals surface area contributed by atoms with Crippen molar-refractivity contribution in [3.05, 3.63) is 12.7 Å². The predicted octanol–water partition coefficient (Wildman–Crippen LogP) is -0.316. The Hall–Kier alpha value is -0.900. The quantitative estimate of drug-likeness (QED) is 0.334. The summed E-state index contributed by atoms with van der Waals surface area (Å²) in [6.45, 7) is 3.30. The molecule has 0 radical (unpaired) electrons. The topological polar surface area (TPSA) is 40.1 Å². The maximum absolute atomic E-state index is 13.7. The van der Waals surface area contributed by atoms with Gasteiger partial charge in [0, 0.05) is 0 Å². The van der Waals surface area contributed by atoms with E-state index in [1.54, 1.807) is 0 Å². The number of rotatable bonds is 4. The lowest BCUT2D eigenvalue weighted by molar-refractivity contribution is -0.932. The summed E-state index contributed by atoms with van der Waals surface area (Å²) in [5.74, 6) is -4.09. The van der Waals surface area contributed by atoms with E-state index < -0.39 is 11.8 Å². The number of halogens is 1. The Labute approximate surface area is 71.7 Å². The first-order chi connectivity index (χ1) is 5.25. The summed E-state index contributed by atoms with van der Waals surface area (Å²) in [7, 11) is 4.37. The molecule has 0 saturated heterocycles. The van der Waals surface area contributed by atoms with Crippen LogP contribution >= 0.6 is 0 Å². The molecule has 0 aromatic carbocycles. The van der Waals surface area contributed by atoms with Gasteiger partial charge in [-0.3, -0.25) is 4.48 Å². The molecular formula is C8H14FNO2. The fraction of sp³-hybridized carbons (Fsp3) is 0.625. The van der Waals surface area contributed by atoms with Gasteiger partial charge in [0.2, 0.25) is 0 Å². The molecule has 70 valence electrons. The fourth-order valence-electron chi connectivity index (χ4n) is 0.822. The molecule has 3 nitrogen and oxygen atoms in total. The number of likely N-dealkylation sites (N-methyl/N-ethyl adjacent to an activating group) is 1. The molecular weight excluding hydrogens is 161 g/mol. The molecule has 0 saturated carbocycles. The van der Waals surface area contributed by atoms with Gasteiger partial charge in [-0.15, -0.1) is 6.58 Å². The standard InChI is InChI=1S/C8H14FNO2/c1-5-6-8(9,7(11)12)10(2,3)4/h5H,1,6H2,2-4H3. The van der Waals surface area contributed by atoms with E-state index in [2.05, 4.69) is 6.58 Å². The third-order valence-electron chi connectivity index (χ3n) is 1.79. The van der Waals surface area contributed by atoms with Crippen LogP contribution < -0.4 is 5.11 Å². The van der Waals surface area contributed by atoms with Gasteiger partial charge in [0.15, 0.2) is 0 Å². The molecule has 0 aliphatic heterocycles. The van der Waals surface area contributed by atoms with Crippen molar-refractivity contribution in [3.63, 3.8) is 0 Å². The number of carboxylic acids is 1. The van der Waals surface area contributed by atoms with E-state index >= 15 is 0 Å². The number of hydrogen-bond donors (Lipinski definition) is 0. The molecule has 0 heterocycles. The maximum atomic E-state index is 13.7. The van der Waals surface area contributed by atoms with Crippen molar-refractivity contribution >= 4 is 5.97 Å². The third kappa shape index (κ3) is 1.82. The second-order valence-electron chi connectivity index (χ2n) is 3.55. The Balaban J connectivity index is 4.86. The number of nitrogens with zero attached hydrogens (tertiary/aromatic N) is 1. The van der Waals surface area contributed by atoms with E-state index in [0.29, 0.717) is 0 Å². The van der Waals surface area contributed by atoms with Crippen molar-refractivity contribution in [1.82, 2.24) is 0 Å². The number of carbonyl (C=O) groups is 1. The minimum atomic E-state index is -2.39. The number of carboxylic acid groups (broad SMARTS) is 1. The minimum Gasteiger partial charge on any atom is -0.542 e. The van der Waals surface area contributed by atoms with E-state index in [1.807, 2.05) is 0 Å². The average molecular weight is 175 g/mol. The van der Waals surface area contributed by atoms with Crippen molar-refractivity contribution in [3.8, 4) is 0 Å². The van der Waals surface area contributed by atoms with Crippen molar-refractivity contribution in [2.75, 3.05) is 21.1 Å². The van der Waals surface area contributed by atoms with Crippen LogP contribution in [0, 0.1) is 0 Å². The van der Waals surface area contributed by atoms with Crippen LogP contribution in [0.25, 0.3) is 0 Å². The Morgan fingerprint density at radius 1 is 1.67 bits per heavy atom. The average Bonchev–Trinajstić information content (AvgIpc) is 1.85. The minimum absolute atomic E-state index is 0.251. The second kappa shape index (κ2) is 3.23. The highest BCUT2D eigenvalue weighted by molar-refractivity contribution is 5.73. The van der Waals surface area contributed by atoms with Crippen LogP contribution in [-0.4, -0.2) is 37.4 Å². The molecule has 12 heavy (non-hydrogen) atoms. The molecule has 0 rings (SSSR count). The summed E-state index contributed by atoms with van der Waals surface area (Å²) in [5.41, 5.74) is 0. The van der Waals surface area contributed by atoms with E-state index in [4.69, 9.17) is 0 Å². The Morgan fingerprint density at radius 2 is 2.08 bits per heavy atom. The fourth-order valence-corrected chi connectivity index (χ4v) is 0.822. The number of carbonyl (C=O) groups excluding carboxylic acids is 1. The molecule has 0 fully saturated rings. The van der Waals surface area contributed by atoms with Crippen LogP contribution in [0.1, 0.15) is 6.42 Å². The highest BCUT2D eigenvalue weighted by atomic mass is 19.1.